The Morgan fingerprint density at radius 2 is 2.12 bits per heavy atom. The molecule has 1 aromatic carbocycles. The highest BCUT2D eigenvalue weighted by Gasteiger charge is 2.33. The van der Waals surface area contributed by atoms with E-state index in [1.807, 2.05) is 0 Å². The van der Waals surface area contributed by atoms with Gasteiger partial charge in [0, 0.05) is 19.0 Å². The molecule has 2 unspecified atom stereocenters. The normalized spacial score (nSPS) is 27.6. The molecule has 1 fully saturated rings. The molecular formula is C14H17NO. The molecule has 3 heterocycles. The molecule has 0 aliphatic carbocycles. The average Bonchev–Trinajstić information content (AvgIpc) is 2.32. The largest absolute Gasteiger partial charge is 0.479 e. The minimum atomic E-state index is 0.668. The topological polar surface area (TPSA) is 12.5 Å². The summed E-state index contributed by atoms with van der Waals surface area (Å²) in [7, 11) is 0. The quantitative estimate of drug-likeness (QED) is 0.752. The van der Waals surface area contributed by atoms with Crippen molar-refractivity contribution in [3.63, 3.8) is 0 Å². The number of hydrogen-bond acceptors (Lipinski definition) is 2. The lowest BCUT2D eigenvalue weighted by molar-refractivity contribution is -0.0152. The van der Waals surface area contributed by atoms with Gasteiger partial charge in [0.1, 0.15) is 0 Å². The molecule has 0 radical (unpaired) electrons. The van der Waals surface area contributed by atoms with E-state index in [2.05, 4.69) is 48.2 Å². The number of hydrogen-bond donors (Lipinski definition) is 0. The highest BCUT2D eigenvalue weighted by Crippen LogP contribution is 2.32. The Kier molecular flexibility index (Phi) is 2.35. The first-order chi connectivity index (χ1) is 7.83. The summed E-state index contributed by atoms with van der Waals surface area (Å²) in [5, 5.41) is 0. The van der Waals surface area contributed by atoms with Gasteiger partial charge in [0.15, 0.2) is 5.88 Å². The molecule has 3 aliphatic rings. The van der Waals surface area contributed by atoms with Crippen molar-refractivity contribution in [1.29, 1.82) is 0 Å². The first-order valence-electron chi connectivity index (χ1n) is 5.96. The van der Waals surface area contributed by atoms with Crippen LogP contribution < -0.4 is 0 Å². The lowest BCUT2D eigenvalue weighted by Gasteiger charge is -2.42. The zero-order chi connectivity index (χ0) is 11.0. The zero-order valence-electron chi connectivity index (χ0n) is 9.60. The van der Waals surface area contributed by atoms with E-state index in [1.165, 1.54) is 5.56 Å². The number of rotatable bonds is 2. The van der Waals surface area contributed by atoms with Crippen LogP contribution in [0.3, 0.4) is 0 Å². The summed E-state index contributed by atoms with van der Waals surface area (Å²) in [6, 6.07) is 10.6. The van der Waals surface area contributed by atoms with E-state index in [0.29, 0.717) is 11.8 Å². The van der Waals surface area contributed by atoms with Gasteiger partial charge in [0.25, 0.3) is 0 Å². The van der Waals surface area contributed by atoms with Gasteiger partial charge in [-0.1, -0.05) is 37.3 Å². The summed E-state index contributed by atoms with van der Waals surface area (Å²) in [6.45, 7) is 5.29. The number of allylic oxidation sites excluding steroid dienone is 1. The van der Waals surface area contributed by atoms with Crippen molar-refractivity contribution in [2.45, 2.75) is 13.5 Å². The van der Waals surface area contributed by atoms with Crippen molar-refractivity contribution in [2.24, 2.45) is 11.8 Å². The van der Waals surface area contributed by atoms with Gasteiger partial charge in [0.05, 0.1) is 6.61 Å². The van der Waals surface area contributed by atoms with Crippen LogP contribution in [0.1, 0.15) is 12.5 Å². The lowest BCUT2D eigenvalue weighted by atomic mass is 9.89. The van der Waals surface area contributed by atoms with E-state index >= 15 is 0 Å². The highest BCUT2D eigenvalue weighted by atomic mass is 16.5. The van der Waals surface area contributed by atoms with Crippen LogP contribution in [-0.4, -0.2) is 18.1 Å². The summed E-state index contributed by atoms with van der Waals surface area (Å²) in [6.07, 6.45) is 2.26. The summed E-state index contributed by atoms with van der Waals surface area (Å²) in [5.41, 5.74) is 1.35. The van der Waals surface area contributed by atoms with Crippen molar-refractivity contribution in [3.05, 3.63) is 47.9 Å². The predicted molar refractivity (Wildman–Crippen MR) is 63.5 cm³/mol. The molecule has 1 saturated heterocycles. The van der Waals surface area contributed by atoms with E-state index in [0.717, 1.165) is 25.6 Å². The molecule has 0 spiro atoms. The summed E-state index contributed by atoms with van der Waals surface area (Å²) in [4.78, 5) is 2.35. The minimum Gasteiger partial charge on any atom is -0.479 e. The Labute approximate surface area is 96.5 Å². The third-order valence-electron chi connectivity index (χ3n) is 3.58. The molecule has 0 aromatic heterocycles. The minimum absolute atomic E-state index is 0.668. The molecule has 0 amide bonds. The molecule has 3 aliphatic heterocycles. The number of ether oxygens (including phenoxy) is 1. The van der Waals surface area contributed by atoms with Gasteiger partial charge in [-0.2, -0.15) is 0 Å². The fourth-order valence-electron chi connectivity index (χ4n) is 2.49. The second kappa shape index (κ2) is 3.85. The molecular weight excluding hydrogens is 198 g/mol. The maximum absolute atomic E-state index is 5.72. The van der Waals surface area contributed by atoms with Gasteiger partial charge >= 0.3 is 0 Å². The molecule has 2 nitrogen and oxygen atoms in total. The van der Waals surface area contributed by atoms with Crippen LogP contribution in [0.5, 0.6) is 0 Å². The predicted octanol–water partition coefficient (Wildman–Crippen LogP) is 2.63. The van der Waals surface area contributed by atoms with Crippen molar-refractivity contribution in [3.8, 4) is 0 Å². The number of nitrogens with zero attached hydrogens (tertiary/aromatic N) is 1. The van der Waals surface area contributed by atoms with Gasteiger partial charge in [-0.05, 0) is 17.6 Å². The molecule has 0 N–H and O–H groups in total. The maximum atomic E-state index is 5.72. The molecule has 2 atom stereocenters. The van der Waals surface area contributed by atoms with Crippen LogP contribution in [-0.2, 0) is 11.3 Å². The maximum Gasteiger partial charge on any atom is 0.185 e. The number of fused-ring (bicyclic) bond motifs is 3. The summed E-state index contributed by atoms with van der Waals surface area (Å²) < 4.78 is 5.72. The van der Waals surface area contributed by atoms with Crippen molar-refractivity contribution >= 4 is 0 Å². The third kappa shape index (κ3) is 1.69. The highest BCUT2D eigenvalue weighted by molar-refractivity contribution is 5.17. The molecule has 16 heavy (non-hydrogen) atoms. The monoisotopic (exact) mass is 215 g/mol. The van der Waals surface area contributed by atoms with E-state index in [9.17, 15) is 0 Å². The van der Waals surface area contributed by atoms with E-state index in [4.69, 9.17) is 4.74 Å². The van der Waals surface area contributed by atoms with Gasteiger partial charge in [-0.15, -0.1) is 0 Å². The van der Waals surface area contributed by atoms with E-state index < -0.39 is 0 Å². The van der Waals surface area contributed by atoms with Gasteiger partial charge in [-0.3, -0.25) is 0 Å². The lowest BCUT2D eigenvalue weighted by Crippen LogP contribution is -2.43. The SMILES string of the molecule is CC1C=C2OCC1CN2Cc1ccccc1. The smallest absolute Gasteiger partial charge is 0.185 e. The van der Waals surface area contributed by atoms with Crippen LogP contribution >= 0.6 is 0 Å². The molecule has 2 heteroatoms. The van der Waals surface area contributed by atoms with Crippen molar-refractivity contribution < 1.29 is 4.74 Å². The van der Waals surface area contributed by atoms with Crippen LogP contribution in [0.15, 0.2) is 42.3 Å². The molecule has 2 bridgehead atoms. The molecule has 0 saturated carbocycles. The Balaban J connectivity index is 1.76. The van der Waals surface area contributed by atoms with Gasteiger partial charge in [0.2, 0.25) is 0 Å². The Hall–Kier alpha value is -1.44. The first kappa shape index (κ1) is 9.76. The average molecular weight is 215 g/mol. The van der Waals surface area contributed by atoms with Crippen LogP contribution in [0.25, 0.3) is 0 Å². The summed E-state index contributed by atoms with van der Waals surface area (Å²) in [5.74, 6) is 2.43. The zero-order valence-corrected chi connectivity index (χ0v) is 9.60. The second-order valence-corrected chi connectivity index (χ2v) is 4.80. The van der Waals surface area contributed by atoms with Crippen LogP contribution in [0, 0.1) is 11.8 Å². The van der Waals surface area contributed by atoms with Gasteiger partial charge in [-0.25, -0.2) is 0 Å². The van der Waals surface area contributed by atoms with Gasteiger partial charge < -0.3 is 9.64 Å². The Bertz CT molecular complexity index is 398. The van der Waals surface area contributed by atoms with E-state index in [1.54, 1.807) is 0 Å². The Morgan fingerprint density at radius 1 is 1.31 bits per heavy atom. The third-order valence-corrected chi connectivity index (χ3v) is 3.58. The first-order valence-corrected chi connectivity index (χ1v) is 5.96. The van der Waals surface area contributed by atoms with Crippen molar-refractivity contribution in [2.75, 3.05) is 13.2 Å². The van der Waals surface area contributed by atoms with E-state index in [-0.39, 0.29) is 0 Å². The fourth-order valence-corrected chi connectivity index (χ4v) is 2.49. The molecule has 4 rings (SSSR count). The van der Waals surface area contributed by atoms with Crippen LogP contribution in [0.4, 0.5) is 0 Å². The second-order valence-electron chi connectivity index (χ2n) is 4.80. The summed E-state index contributed by atoms with van der Waals surface area (Å²) >= 11 is 0. The molecule has 84 valence electrons. The number of benzene rings is 1. The molecule has 1 aromatic rings. The van der Waals surface area contributed by atoms with Crippen LogP contribution in [0.2, 0.25) is 0 Å². The standard InChI is InChI=1S/C14H17NO/c1-11-7-14-15(9-13(11)10-16-14)8-12-5-3-2-4-6-12/h2-7,11,13H,8-10H2,1H3. The Morgan fingerprint density at radius 3 is 2.75 bits per heavy atom. The van der Waals surface area contributed by atoms with Crippen molar-refractivity contribution in [1.82, 2.24) is 4.90 Å². The fraction of sp³-hybridized carbons (Fsp3) is 0.429.